The summed E-state index contributed by atoms with van der Waals surface area (Å²) >= 11 is 0. The van der Waals surface area contributed by atoms with E-state index in [1.807, 2.05) is 30.3 Å². The highest BCUT2D eigenvalue weighted by molar-refractivity contribution is 6.07. The lowest BCUT2D eigenvalue weighted by Crippen LogP contribution is -2.43. The van der Waals surface area contributed by atoms with E-state index in [0.717, 1.165) is 27.3 Å². The maximum Gasteiger partial charge on any atom is 0.268 e. The predicted molar refractivity (Wildman–Crippen MR) is 132 cm³/mol. The molecule has 10 heteroatoms. The number of nitrogens with zero attached hydrogens (tertiary/aromatic N) is 4. The van der Waals surface area contributed by atoms with Gasteiger partial charge in [-0.05, 0) is 53.4 Å². The highest BCUT2D eigenvalue weighted by Gasteiger charge is 2.47. The van der Waals surface area contributed by atoms with E-state index in [1.165, 1.54) is 12.3 Å². The van der Waals surface area contributed by atoms with Crippen LogP contribution in [0.25, 0.3) is 22.0 Å². The van der Waals surface area contributed by atoms with E-state index in [9.17, 15) is 23.2 Å². The van der Waals surface area contributed by atoms with Crippen molar-refractivity contribution in [2.45, 2.75) is 31.2 Å². The Balaban J connectivity index is 1.38. The molecule has 1 fully saturated rings. The molecule has 0 bridgehead atoms. The summed E-state index contributed by atoms with van der Waals surface area (Å²) in [4.78, 5) is 44.3. The fourth-order valence-corrected chi connectivity index (χ4v) is 4.91. The first-order chi connectivity index (χ1) is 17.7. The van der Waals surface area contributed by atoms with E-state index < -0.39 is 43.3 Å². The van der Waals surface area contributed by atoms with Crippen molar-refractivity contribution >= 4 is 34.3 Å². The minimum atomic E-state index is -3.13. The Labute approximate surface area is 211 Å². The molecule has 3 aromatic rings. The standard InChI is InChI=1S/C27H23F2N5O3/c1-33-23-6-3-16(10-18(23)4-7-24(33)35)17-2-5-22-21(11-17)20(8-9-31-22)26(37)32-14-25(36)34-15-27(28,29)12-19(34)13-30/h2-3,5-6,8-11,19H,4,7,12,14-15H2,1H3,(H,32,37)/t19-/m0/s1. The van der Waals surface area contributed by atoms with Gasteiger partial charge in [-0.25, -0.2) is 8.78 Å². The summed E-state index contributed by atoms with van der Waals surface area (Å²) in [5.74, 6) is -4.34. The van der Waals surface area contributed by atoms with Gasteiger partial charge in [0.2, 0.25) is 11.8 Å². The molecule has 1 aromatic heterocycles. The van der Waals surface area contributed by atoms with Crippen LogP contribution >= 0.6 is 0 Å². The Morgan fingerprint density at radius 1 is 1.16 bits per heavy atom. The molecular formula is C27H23F2N5O3. The van der Waals surface area contributed by atoms with E-state index >= 15 is 0 Å². The van der Waals surface area contributed by atoms with Crippen LogP contribution in [-0.4, -0.2) is 59.7 Å². The molecule has 0 radical (unpaired) electrons. The number of likely N-dealkylation sites (tertiary alicyclic amines) is 1. The minimum Gasteiger partial charge on any atom is -0.343 e. The van der Waals surface area contributed by atoms with Crippen molar-refractivity contribution in [3.8, 4) is 17.2 Å². The number of aromatic nitrogens is 1. The molecule has 0 saturated carbocycles. The van der Waals surface area contributed by atoms with Crippen LogP contribution in [0, 0.1) is 11.3 Å². The molecule has 8 nitrogen and oxygen atoms in total. The highest BCUT2D eigenvalue weighted by atomic mass is 19.3. The first-order valence-electron chi connectivity index (χ1n) is 11.8. The number of carbonyl (C=O) groups excluding carboxylic acids is 3. The molecule has 1 atom stereocenters. The van der Waals surface area contributed by atoms with Gasteiger partial charge in [0.1, 0.15) is 6.04 Å². The average Bonchev–Trinajstić information content (AvgIpc) is 3.23. The second-order valence-electron chi connectivity index (χ2n) is 9.30. The molecule has 2 aliphatic rings. The number of nitrogens with one attached hydrogen (secondary N) is 1. The van der Waals surface area contributed by atoms with Crippen LogP contribution in [0.15, 0.2) is 48.7 Å². The number of benzene rings is 2. The van der Waals surface area contributed by atoms with Gasteiger partial charge in [0, 0.05) is 37.2 Å². The smallest absolute Gasteiger partial charge is 0.268 e. The van der Waals surface area contributed by atoms with Gasteiger partial charge in [-0.2, -0.15) is 5.26 Å². The lowest BCUT2D eigenvalue weighted by atomic mass is 9.95. The third-order valence-corrected chi connectivity index (χ3v) is 6.88. The van der Waals surface area contributed by atoms with Crippen LogP contribution < -0.4 is 10.2 Å². The number of aryl methyl sites for hydroxylation is 1. The Bertz CT molecular complexity index is 1480. The number of alkyl halides is 2. The summed E-state index contributed by atoms with van der Waals surface area (Å²) in [6.45, 7) is -1.35. The zero-order valence-corrected chi connectivity index (χ0v) is 20.0. The third kappa shape index (κ3) is 4.60. The Morgan fingerprint density at radius 3 is 2.70 bits per heavy atom. The largest absolute Gasteiger partial charge is 0.343 e. The van der Waals surface area contributed by atoms with E-state index in [2.05, 4.69) is 10.3 Å². The van der Waals surface area contributed by atoms with Crippen LogP contribution in [0.1, 0.15) is 28.8 Å². The summed E-state index contributed by atoms with van der Waals surface area (Å²) in [6.07, 6.45) is 1.87. The normalized spacial score (nSPS) is 18.4. The summed E-state index contributed by atoms with van der Waals surface area (Å²) in [6, 6.07) is 13.4. The fourth-order valence-electron chi connectivity index (χ4n) is 4.91. The molecule has 0 spiro atoms. The molecule has 1 saturated heterocycles. The second kappa shape index (κ2) is 9.24. The lowest BCUT2D eigenvalue weighted by Gasteiger charge is -2.26. The molecule has 2 aliphatic heterocycles. The van der Waals surface area contributed by atoms with E-state index in [1.54, 1.807) is 24.1 Å². The molecule has 188 valence electrons. The summed E-state index contributed by atoms with van der Waals surface area (Å²) in [5.41, 5.74) is 4.57. The maximum absolute atomic E-state index is 13.7. The lowest BCUT2D eigenvalue weighted by molar-refractivity contribution is -0.131. The van der Waals surface area contributed by atoms with E-state index in [-0.39, 0.29) is 11.5 Å². The molecule has 3 heterocycles. The number of amides is 3. The SMILES string of the molecule is CN1C(=O)CCc2cc(-c3ccc4nccc(C(=O)NCC(=O)N5CC(F)(F)C[C@H]5C#N)c4c3)ccc21. The van der Waals surface area contributed by atoms with Crippen LogP contribution in [0.5, 0.6) is 0 Å². The van der Waals surface area contributed by atoms with Crippen molar-refractivity contribution in [3.63, 3.8) is 0 Å². The van der Waals surface area contributed by atoms with Crippen molar-refractivity contribution in [1.29, 1.82) is 5.26 Å². The fraction of sp³-hybridized carbons (Fsp3) is 0.296. The van der Waals surface area contributed by atoms with Gasteiger partial charge in [-0.15, -0.1) is 0 Å². The van der Waals surface area contributed by atoms with Crippen LogP contribution in [0.2, 0.25) is 0 Å². The molecule has 3 amide bonds. The predicted octanol–water partition coefficient (Wildman–Crippen LogP) is 3.30. The van der Waals surface area contributed by atoms with Crippen molar-refractivity contribution in [1.82, 2.24) is 15.2 Å². The minimum absolute atomic E-state index is 0.0766. The Hall–Kier alpha value is -4.39. The summed E-state index contributed by atoms with van der Waals surface area (Å²) < 4.78 is 27.4. The quantitative estimate of drug-likeness (QED) is 0.588. The van der Waals surface area contributed by atoms with Crippen molar-refractivity contribution in [2.24, 2.45) is 0 Å². The number of fused-ring (bicyclic) bond motifs is 2. The molecule has 5 rings (SSSR count). The van der Waals surface area contributed by atoms with E-state index in [4.69, 9.17) is 5.26 Å². The van der Waals surface area contributed by atoms with Gasteiger partial charge in [-0.1, -0.05) is 12.1 Å². The van der Waals surface area contributed by atoms with Gasteiger partial charge in [-0.3, -0.25) is 19.4 Å². The zero-order valence-electron chi connectivity index (χ0n) is 20.0. The van der Waals surface area contributed by atoms with E-state index in [0.29, 0.717) is 23.7 Å². The van der Waals surface area contributed by atoms with Crippen LogP contribution in [0.3, 0.4) is 0 Å². The topological polar surface area (TPSA) is 106 Å². The zero-order chi connectivity index (χ0) is 26.3. The summed E-state index contributed by atoms with van der Waals surface area (Å²) in [7, 11) is 1.76. The van der Waals surface area contributed by atoms with Gasteiger partial charge >= 0.3 is 0 Å². The summed E-state index contributed by atoms with van der Waals surface area (Å²) in [5, 5.41) is 12.2. The number of nitriles is 1. The number of carbonyl (C=O) groups is 3. The number of hydrogen-bond donors (Lipinski definition) is 1. The first kappa shape index (κ1) is 24.3. The van der Waals surface area contributed by atoms with Gasteiger partial charge < -0.3 is 15.1 Å². The van der Waals surface area contributed by atoms with Crippen molar-refractivity contribution < 1.29 is 23.2 Å². The van der Waals surface area contributed by atoms with Crippen molar-refractivity contribution in [3.05, 3.63) is 59.8 Å². The maximum atomic E-state index is 13.7. The number of hydrogen-bond acceptors (Lipinski definition) is 5. The molecule has 0 aliphatic carbocycles. The van der Waals surface area contributed by atoms with Crippen molar-refractivity contribution in [2.75, 3.05) is 25.0 Å². The Kier molecular flexibility index (Phi) is 6.07. The molecular weight excluding hydrogens is 480 g/mol. The molecule has 2 aromatic carbocycles. The second-order valence-corrected chi connectivity index (χ2v) is 9.30. The number of anilines is 1. The van der Waals surface area contributed by atoms with Gasteiger partial charge in [0.15, 0.2) is 0 Å². The average molecular weight is 504 g/mol. The highest BCUT2D eigenvalue weighted by Crippen LogP contribution is 2.33. The van der Waals surface area contributed by atoms with Crippen LogP contribution in [0.4, 0.5) is 14.5 Å². The first-order valence-corrected chi connectivity index (χ1v) is 11.8. The van der Waals surface area contributed by atoms with Gasteiger partial charge in [0.25, 0.3) is 11.8 Å². The third-order valence-electron chi connectivity index (χ3n) is 6.88. The Morgan fingerprint density at radius 2 is 1.92 bits per heavy atom. The molecule has 37 heavy (non-hydrogen) atoms. The number of halogens is 2. The van der Waals surface area contributed by atoms with Crippen LogP contribution in [-0.2, 0) is 16.0 Å². The van der Waals surface area contributed by atoms with Gasteiger partial charge in [0.05, 0.1) is 30.2 Å². The number of pyridine rings is 1. The monoisotopic (exact) mass is 503 g/mol. The molecule has 0 unspecified atom stereocenters. The number of rotatable bonds is 4. The molecule has 1 N–H and O–H groups in total.